The van der Waals surface area contributed by atoms with E-state index in [9.17, 15) is 9.59 Å². The van der Waals surface area contributed by atoms with Crippen molar-refractivity contribution in [3.05, 3.63) is 57.4 Å². The Morgan fingerprint density at radius 2 is 2.23 bits per heavy atom. The number of aromatic nitrogens is 5. The third kappa shape index (κ3) is 4.31. The smallest absolute Gasteiger partial charge is 0.325 e. The summed E-state index contributed by atoms with van der Waals surface area (Å²) in [5, 5.41) is 6.10. The lowest BCUT2D eigenvalue weighted by molar-refractivity contribution is 0.318. The number of hydrogen-bond acceptors (Lipinski definition) is 8. The second-order valence-electron chi connectivity index (χ2n) is 8.15. The molecule has 3 aromatic heterocycles. The Balaban J connectivity index is 1.61. The summed E-state index contributed by atoms with van der Waals surface area (Å²) in [7, 11) is 0. The number of fused-ring (bicyclic) bond motifs is 1. The number of imidazole rings is 1. The molecule has 3 aromatic rings. The van der Waals surface area contributed by atoms with Gasteiger partial charge in [0.15, 0.2) is 5.65 Å². The van der Waals surface area contributed by atoms with Gasteiger partial charge in [0.25, 0.3) is 5.56 Å². The normalized spacial score (nSPS) is 17.1. The molecule has 0 aliphatic carbocycles. The largest absolute Gasteiger partial charge is 0.401 e. The Hall–Kier alpha value is -3.60. The molecule has 0 radical (unpaired) electrons. The van der Waals surface area contributed by atoms with Crippen molar-refractivity contribution in [1.29, 1.82) is 0 Å². The van der Waals surface area contributed by atoms with Crippen LogP contribution in [0.25, 0.3) is 16.9 Å². The average Bonchev–Trinajstić information content (AvgIpc) is 3.36. The monoisotopic (exact) mass is 425 g/mol. The van der Waals surface area contributed by atoms with Crippen molar-refractivity contribution in [3.8, 4) is 11.3 Å². The van der Waals surface area contributed by atoms with Gasteiger partial charge in [-0.15, -0.1) is 0 Å². The van der Waals surface area contributed by atoms with Gasteiger partial charge in [-0.1, -0.05) is 0 Å². The highest BCUT2D eigenvalue weighted by Gasteiger charge is 2.26. The number of hydrazine groups is 1. The lowest BCUT2D eigenvalue weighted by Crippen LogP contribution is -2.33. The Morgan fingerprint density at radius 1 is 1.42 bits per heavy atom. The molecule has 31 heavy (non-hydrogen) atoms. The molecular formula is C20H27N9O2. The van der Waals surface area contributed by atoms with Gasteiger partial charge in [-0.05, 0) is 38.7 Å². The highest BCUT2D eigenvalue weighted by Crippen LogP contribution is 2.31. The van der Waals surface area contributed by atoms with E-state index in [2.05, 4.69) is 25.0 Å². The van der Waals surface area contributed by atoms with Gasteiger partial charge in [-0.3, -0.25) is 9.78 Å². The number of aromatic amines is 2. The molecule has 1 atom stereocenters. The lowest BCUT2D eigenvalue weighted by Gasteiger charge is -2.21. The molecule has 11 heteroatoms. The number of allylic oxidation sites excluding steroid dienone is 1. The molecule has 4 heterocycles. The Kier molecular flexibility index (Phi) is 5.51. The number of anilines is 1. The van der Waals surface area contributed by atoms with Crippen molar-refractivity contribution >= 4 is 11.3 Å². The first kappa shape index (κ1) is 20.7. The van der Waals surface area contributed by atoms with Gasteiger partial charge in [-0.25, -0.2) is 20.1 Å². The minimum absolute atomic E-state index is 0.179. The summed E-state index contributed by atoms with van der Waals surface area (Å²) in [5.74, 6) is 6.33. The summed E-state index contributed by atoms with van der Waals surface area (Å²) in [4.78, 5) is 35.0. The molecule has 6 N–H and O–H groups in total. The Morgan fingerprint density at radius 3 is 2.97 bits per heavy atom. The predicted molar refractivity (Wildman–Crippen MR) is 118 cm³/mol. The van der Waals surface area contributed by atoms with Gasteiger partial charge in [0.05, 0.1) is 11.3 Å². The molecule has 1 aliphatic heterocycles. The first-order valence-corrected chi connectivity index (χ1v) is 10.2. The van der Waals surface area contributed by atoms with Crippen LogP contribution in [0.2, 0.25) is 0 Å². The number of nitrogens with two attached hydrogens (primary N) is 2. The highest BCUT2D eigenvalue weighted by atomic mass is 16.2. The van der Waals surface area contributed by atoms with Crippen LogP contribution in [-0.4, -0.2) is 48.7 Å². The van der Waals surface area contributed by atoms with Crippen LogP contribution < -0.4 is 27.7 Å². The van der Waals surface area contributed by atoms with Gasteiger partial charge in [0.2, 0.25) is 0 Å². The van der Waals surface area contributed by atoms with Gasteiger partial charge in [0, 0.05) is 49.6 Å². The number of hydrogen-bond donors (Lipinski definition) is 4. The maximum atomic E-state index is 12.3. The highest BCUT2D eigenvalue weighted by molar-refractivity contribution is 5.74. The summed E-state index contributed by atoms with van der Waals surface area (Å²) >= 11 is 0. The maximum absolute atomic E-state index is 12.3. The molecule has 1 fully saturated rings. The third-order valence-electron chi connectivity index (χ3n) is 5.50. The average molecular weight is 425 g/mol. The third-order valence-corrected chi connectivity index (χ3v) is 5.50. The molecular weight excluding hydrogens is 398 g/mol. The fourth-order valence-electron chi connectivity index (χ4n) is 3.81. The van der Waals surface area contributed by atoms with Gasteiger partial charge in [0.1, 0.15) is 5.69 Å². The standard InChI is InChI=1S/C20H27N9O2/c1-12(2)28(22)11-14(21)7-13-3-5-27(10-13)17-8-16(26-29-6-4-23-18(17)29)15-9-24-20(31)25-19(15)30/h4,6,8-9,11-13H,3,5,7,10,21-22H2,1-2H3,(H2,24,25,30,31)/b14-11-. The van der Waals surface area contributed by atoms with Crippen LogP contribution in [0.4, 0.5) is 5.69 Å². The van der Waals surface area contributed by atoms with Crippen molar-refractivity contribution in [2.45, 2.75) is 32.7 Å². The lowest BCUT2D eigenvalue weighted by atomic mass is 10.0. The fraction of sp³-hybridized carbons (Fsp3) is 0.400. The molecule has 164 valence electrons. The zero-order valence-electron chi connectivity index (χ0n) is 17.6. The molecule has 0 saturated carbocycles. The summed E-state index contributed by atoms with van der Waals surface area (Å²) in [6.45, 7) is 5.65. The van der Waals surface area contributed by atoms with Crippen LogP contribution in [0.3, 0.4) is 0 Å². The SMILES string of the molecule is CC(C)N(N)/C=C(\N)CC1CCN(c2cc(-c3c[nH]c(=O)[nH]c3=O)nn3ccnc23)C1. The minimum Gasteiger partial charge on any atom is -0.401 e. The van der Waals surface area contributed by atoms with Crippen molar-refractivity contribution < 1.29 is 0 Å². The van der Waals surface area contributed by atoms with Crippen LogP contribution in [0.15, 0.2) is 46.1 Å². The van der Waals surface area contributed by atoms with E-state index < -0.39 is 11.2 Å². The topological polar surface area (TPSA) is 154 Å². The number of rotatable bonds is 6. The van der Waals surface area contributed by atoms with Crippen molar-refractivity contribution in [2.75, 3.05) is 18.0 Å². The number of H-pyrrole nitrogens is 2. The van der Waals surface area contributed by atoms with E-state index in [1.54, 1.807) is 28.1 Å². The molecule has 4 rings (SSSR count). The zero-order chi connectivity index (χ0) is 22.1. The van der Waals surface area contributed by atoms with Crippen LogP contribution in [0.1, 0.15) is 26.7 Å². The summed E-state index contributed by atoms with van der Waals surface area (Å²) in [6.07, 6.45) is 8.31. The molecule has 0 aromatic carbocycles. The predicted octanol–water partition coefficient (Wildman–Crippen LogP) is 0.374. The number of nitrogens with zero attached hydrogens (tertiary/aromatic N) is 5. The van der Waals surface area contributed by atoms with E-state index in [1.807, 2.05) is 19.9 Å². The first-order valence-electron chi connectivity index (χ1n) is 10.2. The summed E-state index contributed by atoms with van der Waals surface area (Å²) in [5.41, 5.74) is 8.25. The van der Waals surface area contributed by atoms with E-state index in [4.69, 9.17) is 11.6 Å². The summed E-state index contributed by atoms with van der Waals surface area (Å²) in [6, 6.07) is 2.02. The van der Waals surface area contributed by atoms with E-state index in [1.165, 1.54) is 6.20 Å². The van der Waals surface area contributed by atoms with E-state index >= 15 is 0 Å². The van der Waals surface area contributed by atoms with Crippen LogP contribution in [-0.2, 0) is 0 Å². The van der Waals surface area contributed by atoms with Crippen LogP contribution >= 0.6 is 0 Å². The van der Waals surface area contributed by atoms with E-state index in [-0.39, 0.29) is 11.6 Å². The molecule has 1 saturated heterocycles. The van der Waals surface area contributed by atoms with Crippen molar-refractivity contribution in [2.24, 2.45) is 17.5 Å². The second-order valence-corrected chi connectivity index (χ2v) is 8.15. The van der Waals surface area contributed by atoms with Crippen LogP contribution in [0.5, 0.6) is 0 Å². The summed E-state index contributed by atoms with van der Waals surface area (Å²) < 4.78 is 1.64. The van der Waals surface area contributed by atoms with Crippen LogP contribution in [0, 0.1) is 5.92 Å². The zero-order valence-corrected chi connectivity index (χ0v) is 17.6. The Bertz CT molecular complexity index is 1220. The molecule has 11 nitrogen and oxygen atoms in total. The molecule has 1 unspecified atom stereocenters. The first-order chi connectivity index (χ1) is 14.8. The maximum Gasteiger partial charge on any atom is 0.325 e. The van der Waals surface area contributed by atoms with Gasteiger partial charge in [-0.2, -0.15) is 5.10 Å². The Labute approximate surface area is 178 Å². The molecule has 0 amide bonds. The molecule has 0 bridgehead atoms. The molecule has 0 spiro atoms. The van der Waals surface area contributed by atoms with Crippen molar-refractivity contribution in [1.82, 2.24) is 29.6 Å². The van der Waals surface area contributed by atoms with Gasteiger partial charge < -0.3 is 20.6 Å². The van der Waals surface area contributed by atoms with E-state index in [0.717, 1.165) is 37.3 Å². The van der Waals surface area contributed by atoms with E-state index in [0.29, 0.717) is 17.3 Å². The minimum atomic E-state index is -0.556. The van der Waals surface area contributed by atoms with Crippen molar-refractivity contribution in [3.63, 3.8) is 0 Å². The fourth-order valence-corrected chi connectivity index (χ4v) is 3.81. The second kappa shape index (κ2) is 8.26. The van der Waals surface area contributed by atoms with Gasteiger partial charge >= 0.3 is 5.69 Å². The number of nitrogens with one attached hydrogen (secondary N) is 2. The molecule has 1 aliphatic rings. The quantitative estimate of drug-likeness (QED) is 0.326.